The monoisotopic (exact) mass is 366 g/mol. The summed E-state index contributed by atoms with van der Waals surface area (Å²) in [7, 11) is 0. The van der Waals surface area contributed by atoms with Crippen LogP contribution in [0.15, 0.2) is 27.8 Å². The van der Waals surface area contributed by atoms with Crippen LogP contribution in [0.2, 0.25) is 0 Å². The summed E-state index contributed by atoms with van der Waals surface area (Å²) in [5.41, 5.74) is -0.338. The van der Waals surface area contributed by atoms with Crippen LogP contribution >= 0.6 is 0 Å². The summed E-state index contributed by atoms with van der Waals surface area (Å²) in [4.78, 5) is 40.8. The molecule has 1 atom stereocenters. The van der Waals surface area contributed by atoms with E-state index in [-0.39, 0.29) is 25.0 Å². The number of hydrogen-bond donors (Lipinski definition) is 2. The smallest absolute Gasteiger partial charge is 0.328 e. The average Bonchev–Trinajstić information content (AvgIpc) is 3.00. The Kier molecular flexibility index (Phi) is 5.17. The fraction of sp³-hybridized carbons (Fsp3) is 0.471. The molecule has 0 saturated carbocycles. The number of alkyl halides is 2. The van der Waals surface area contributed by atoms with E-state index >= 15 is 0 Å². The lowest BCUT2D eigenvalue weighted by atomic mass is 10.1. The van der Waals surface area contributed by atoms with Crippen LogP contribution in [-0.4, -0.2) is 52.5 Å². The van der Waals surface area contributed by atoms with Gasteiger partial charge in [-0.3, -0.25) is 19.1 Å². The number of halogens is 2. The van der Waals surface area contributed by atoms with Crippen molar-refractivity contribution in [2.45, 2.75) is 32.4 Å². The Morgan fingerprint density at radius 3 is 2.85 bits per heavy atom. The average molecular weight is 366 g/mol. The minimum absolute atomic E-state index is 0.205. The van der Waals surface area contributed by atoms with Gasteiger partial charge in [0.05, 0.1) is 17.4 Å². The fourth-order valence-corrected chi connectivity index (χ4v) is 3.26. The number of fused-ring (bicyclic) bond motifs is 1. The number of aromatic nitrogens is 2. The Morgan fingerprint density at radius 1 is 1.38 bits per heavy atom. The van der Waals surface area contributed by atoms with Crippen molar-refractivity contribution in [3.63, 3.8) is 0 Å². The van der Waals surface area contributed by atoms with Crippen LogP contribution in [0.3, 0.4) is 0 Å². The second kappa shape index (κ2) is 7.36. The maximum absolute atomic E-state index is 12.4. The summed E-state index contributed by atoms with van der Waals surface area (Å²) in [6, 6.07) is 4.28. The van der Waals surface area contributed by atoms with Crippen LogP contribution in [0.1, 0.15) is 23.7 Å². The molecule has 1 saturated heterocycles. The molecule has 26 heavy (non-hydrogen) atoms. The van der Waals surface area contributed by atoms with Gasteiger partial charge in [0.15, 0.2) is 0 Å². The number of carbonyl (C=O) groups excluding carboxylic acids is 1. The molecule has 0 radical (unpaired) electrons. The van der Waals surface area contributed by atoms with Gasteiger partial charge in [-0.25, -0.2) is 13.6 Å². The molecule has 1 aromatic heterocycles. The molecule has 2 heterocycles. The first kappa shape index (κ1) is 18.2. The van der Waals surface area contributed by atoms with Gasteiger partial charge in [-0.2, -0.15) is 0 Å². The van der Waals surface area contributed by atoms with Crippen molar-refractivity contribution in [2.75, 3.05) is 19.6 Å². The number of amides is 1. The van der Waals surface area contributed by atoms with E-state index in [0.29, 0.717) is 36.0 Å². The molecule has 2 N–H and O–H groups in total. The number of benzene rings is 1. The van der Waals surface area contributed by atoms with Crippen molar-refractivity contribution in [1.29, 1.82) is 0 Å². The number of likely N-dealkylation sites (tertiary alicyclic amines) is 1. The Bertz CT molecular complexity index is 938. The van der Waals surface area contributed by atoms with Crippen molar-refractivity contribution in [3.8, 4) is 0 Å². The zero-order chi connectivity index (χ0) is 18.8. The molecule has 1 fully saturated rings. The third kappa shape index (κ3) is 3.67. The lowest BCUT2D eigenvalue weighted by Crippen LogP contribution is -2.38. The largest absolute Gasteiger partial charge is 0.348 e. The lowest BCUT2D eigenvalue weighted by molar-refractivity contribution is 0.0918. The van der Waals surface area contributed by atoms with Gasteiger partial charge in [-0.05, 0) is 31.5 Å². The van der Waals surface area contributed by atoms with E-state index in [1.165, 1.54) is 18.2 Å². The van der Waals surface area contributed by atoms with Crippen molar-refractivity contribution >= 4 is 16.8 Å². The summed E-state index contributed by atoms with van der Waals surface area (Å²) in [5.74, 6) is -0.365. The number of H-pyrrole nitrogens is 1. The normalized spacial score (nSPS) is 17.9. The van der Waals surface area contributed by atoms with E-state index in [1.807, 2.05) is 0 Å². The fourth-order valence-electron chi connectivity index (χ4n) is 3.26. The Balaban J connectivity index is 1.77. The Hall–Kier alpha value is -2.55. The molecule has 9 heteroatoms. The van der Waals surface area contributed by atoms with Crippen LogP contribution < -0.4 is 16.6 Å². The van der Waals surface area contributed by atoms with E-state index in [4.69, 9.17) is 0 Å². The highest BCUT2D eigenvalue weighted by molar-refractivity contribution is 5.97. The molecule has 2 aromatic rings. The molecule has 1 amide bonds. The van der Waals surface area contributed by atoms with Gasteiger partial charge in [-0.1, -0.05) is 0 Å². The Labute approximate surface area is 147 Å². The molecular weight excluding hydrogens is 346 g/mol. The molecule has 0 spiro atoms. The second-order valence-corrected chi connectivity index (χ2v) is 6.35. The molecule has 7 nitrogen and oxygen atoms in total. The maximum atomic E-state index is 12.4. The summed E-state index contributed by atoms with van der Waals surface area (Å²) < 4.78 is 25.9. The molecule has 140 valence electrons. The van der Waals surface area contributed by atoms with Crippen LogP contribution in [0.25, 0.3) is 10.9 Å². The first-order valence-corrected chi connectivity index (χ1v) is 8.47. The van der Waals surface area contributed by atoms with Gasteiger partial charge in [0, 0.05) is 31.2 Å². The summed E-state index contributed by atoms with van der Waals surface area (Å²) in [6.07, 6.45) is -1.79. The van der Waals surface area contributed by atoms with Crippen LogP contribution in [0, 0.1) is 0 Å². The van der Waals surface area contributed by atoms with Gasteiger partial charge in [0.1, 0.15) is 0 Å². The quantitative estimate of drug-likeness (QED) is 0.819. The summed E-state index contributed by atoms with van der Waals surface area (Å²) in [5, 5.41) is 3.14. The van der Waals surface area contributed by atoms with Crippen LogP contribution in [-0.2, 0) is 6.54 Å². The standard InChI is InChI=1S/C17H20F2N4O3/c1-2-23-16(25)12-4-3-10(7-13(12)21-17(23)26)15(24)20-11-5-6-22(8-11)9-14(18)19/h3-4,7,11,14H,2,5-6,8-9H2,1H3,(H,20,24)(H,21,26). The van der Waals surface area contributed by atoms with Gasteiger partial charge in [-0.15, -0.1) is 0 Å². The minimum atomic E-state index is -2.39. The highest BCUT2D eigenvalue weighted by Crippen LogP contribution is 2.13. The molecule has 0 aliphatic carbocycles. The van der Waals surface area contributed by atoms with E-state index in [1.54, 1.807) is 11.8 Å². The van der Waals surface area contributed by atoms with Crippen molar-refractivity contribution < 1.29 is 13.6 Å². The van der Waals surface area contributed by atoms with Crippen LogP contribution in [0.5, 0.6) is 0 Å². The predicted molar refractivity (Wildman–Crippen MR) is 92.8 cm³/mol. The molecule has 1 unspecified atom stereocenters. The van der Waals surface area contributed by atoms with Crippen molar-refractivity contribution in [2.24, 2.45) is 0 Å². The lowest BCUT2D eigenvalue weighted by Gasteiger charge is -2.16. The number of nitrogens with zero attached hydrogens (tertiary/aromatic N) is 2. The van der Waals surface area contributed by atoms with Crippen molar-refractivity contribution in [3.05, 3.63) is 44.6 Å². The summed E-state index contributed by atoms with van der Waals surface area (Å²) >= 11 is 0. The zero-order valence-electron chi connectivity index (χ0n) is 14.3. The molecule has 1 aromatic carbocycles. The van der Waals surface area contributed by atoms with E-state index in [0.717, 1.165) is 4.57 Å². The first-order valence-electron chi connectivity index (χ1n) is 8.47. The topological polar surface area (TPSA) is 87.2 Å². The van der Waals surface area contributed by atoms with Gasteiger partial charge >= 0.3 is 5.69 Å². The Morgan fingerprint density at radius 2 is 2.15 bits per heavy atom. The third-order valence-corrected chi connectivity index (χ3v) is 4.56. The number of aromatic amines is 1. The minimum Gasteiger partial charge on any atom is -0.348 e. The predicted octanol–water partition coefficient (Wildman–Crippen LogP) is 0.779. The highest BCUT2D eigenvalue weighted by atomic mass is 19.3. The number of rotatable bonds is 5. The SMILES string of the molecule is CCn1c(=O)[nH]c2cc(C(=O)NC3CCN(CC(F)F)C3)ccc2c1=O. The molecular formula is C17H20F2N4O3. The van der Waals surface area contributed by atoms with Gasteiger partial charge in [0.2, 0.25) is 0 Å². The van der Waals surface area contributed by atoms with Crippen molar-refractivity contribution in [1.82, 2.24) is 19.8 Å². The molecule has 0 bridgehead atoms. The second-order valence-electron chi connectivity index (χ2n) is 6.35. The zero-order valence-corrected chi connectivity index (χ0v) is 14.3. The van der Waals surface area contributed by atoms with Gasteiger partial charge in [0.25, 0.3) is 17.9 Å². The maximum Gasteiger partial charge on any atom is 0.328 e. The number of hydrogen-bond acceptors (Lipinski definition) is 4. The third-order valence-electron chi connectivity index (χ3n) is 4.56. The number of carbonyl (C=O) groups is 1. The van der Waals surface area contributed by atoms with Crippen LogP contribution in [0.4, 0.5) is 8.78 Å². The molecule has 1 aliphatic rings. The van der Waals surface area contributed by atoms with E-state index in [2.05, 4.69) is 10.3 Å². The summed E-state index contributed by atoms with van der Waals surface area (Å²) in [6.45, 7) is 2.54. The molecule has 1 aliphatic heterocycles. The molecule has 3 rings (SSSR count). The first-order chi connectivity index (χ1) is 12.4. The highest BCUT2D eigenvalue weighted by Gasteiger charge is 2.26. The van der Waals surface area contributed by atoms with Gasteiger partial charge < -0.3 is 10.3 Å². The van der Waals surface area contributed by atoms with E-state index < -0.39 is 17.7 Å². The van der Waals surface area contributed by atoms with E-state index in [9.17, 15) is 23.2 Å². The number of nitrogens with one attached hydrogen (secondary N) is 2.